The highest BCUT2D eigenvalue weighted by Gasteiger charge is 2.32. The van der Waals surface area contributed by atoms with Crippen molar-refractivity contribution in [2.45, 2.75) is 58.3 Å². The Morgan fingerprint density at radius 3 is 2.32 bits per heavy atom. The van der Waals surface area contributed by atoms with E-state index in [2.05, 4.69) is 16.0 Å². The van der Waals surface area contributed by atoms with Gasteiger partial charge in [-0.1, -0.05) is 56.3 Å². The minimum atomic E-state index is -0.884. The molecule has 12 nitrogen and oxygen atoms in total. The van der Waals surface area contributed by atoms with E-state index in [0.717, 1.165) is 5.56 Å². The van der Waals surface area contributed by atoms with Crippen molar-refractivity contribution in [3.8, 4) is 0 Å². The highest BCUT2D eigenvalue weighted by Crippen LogP contribution is 2.13. The minimum Gasteiger partial charge on any atom is -0.408 e. The van der Waals surface area contributed by atoms with Crippen molar-refractivity contribution in [2.75, 3.05) is 33.2 Å². The Kier molecular flexibility index (Phi) is 10.9. The van der Waals surface area contributed by atoms with Crippen LogP contribution in [0.25, 0.3) is 11.1 Å². The maximum Gasteiger partial charge on any atom is 0.419 e. The van der Waals surface area contributed by atoms with Crippen LogP contribution in [0.5, 0.6) is 0 Å². The van der Waals surface area contributed by atoms with Crippen molar-refractivity contribution in [1.82, 2.24) is 30.3 Å². The maximum atomic E-state index is 13.6. The third-order valence-electron chi connectivity index (χ3n) is 7.87. The van der Waals surface area contributed by atoms with Crippen LogP contribution >= 0.6 is 0 Å². The van der Waals surface area contributed by atoms with Gasteiger partial charge < -0.3 is 25.3 Å². The molecule has 0 aliphatic carbocycles. The van der Waals surface area contributed by atoms with Crippen molar-refractivity contribution in [1.29, 1.82) is 0 Å². The van der Waals surface area contributed by atoms with Crippen molar-refractivity contribution in [3.05, 3.63) is 70.7 Å². The molecule has 3 N–H and O–H groups in total. The summed E-state index contributed by atoms with van der Waals surface area (Å²) in [5.74, 6) is -2.02. The van der Waals surface area contributed by atoms with Gasteiger partial charge in [0, 0.05) is 39.6 Å². The number of nitrogens with zero attached hydrogens (tertiary/aromatic N) is 3. The number of oxazole rings is 1. The molecule has 1 aliphatic heterocycles. The molecule has 0 spiro atoms. The lowest BCUT2D eigenvalue weighted by Gasteiger charge is -2.30. The predicted molar refractivity (Wildman–Crippen MR) is 166 cm³/mol. The summed E-state index contributed by atoms with van der Waals surface area (Å²) in [6.45, 7) is 6.47. The zero-order valence-electron chi connectivity index (χ0n) is 25.7. The molecule has 1 saturated heterocycles. The number of likely N-dealkylation sites (N-methyl/N-ethyl adjacent to an activating group) is 1. The van der Waals surface area contributed by atoms with Gasteiger partial charge in [-0.15, -0.1) is 0 Å². The van der Waals surface area contributed by atoms with Crippen LogP contribution in [0.1, 0.15) is 32.8 Å². The van der Waals surface area contributed by atoms with Gasteiger partial charge in [0.25, 0.3) is 0 Å². The molecule has 2 heterocycles. The Bertz CT molecular complexity index is 1520. The number of aromatic nitrogens is 1. The Balaban J connectivity index is 1.59. The number of carbonyl (C=O) groups is 4. The summed E-state index contributed by atoms with van der Waals surface area (Å²) >= 11 is 0. The Morgan fingerprint density at radius 2 is 1.59 bits per heavy atom. The zero-order valence-corrected chi connectivity index (χ0v) is 25.7. The summed E-state index contributed by atoms with van der Waals surface area (Å²) in [6.07, 6.45) is 0.648. The summed E-state index contributed by atoms with van der Waals surface area (Å²) in [6, 6.07) is 13.9. The average Bonchev–Trinajstić information content (AvgIpc) is 3.32. The first-order valence-electron chi connectivity index (χ1n) is 15.0. The highest BCUT2D eigenvalue weighted by molar-refractivity contribution is 5.94. The second-order valence-electron chi connectivity index (χ2n) is 11.7. The fraction of sp³-hybridized carbons (Fsp3) is 0.469. The quantitative estimate of drug-likeness (QED) is 0.366. The molecule has 4 rings (SSSR count). The molecule has 1 fully saturated rings. The van der Waals surface area contributed by atoms with Gasteiger partial charge in [-0.2, -0.15) is 0 Å². The number of nitrogens with one attached hydrogen (secondary N) is 3. The molecular formula is C32H42N6O6. The molecule has 0 radical (unpaired) electrons. The number of fused-ring (bicyclic) bond motifs is 1. The molecule has 0 bridgehead atoms. The molecule has 12 heteroatoms. The highest BCUT2D eigenvalue weighted by atomic mass is 16.4. The minimum absolute atomic E-state index is 0.0633. The van der Waals surface area contributed by atoms with Gasteiger partial charge in [-0.3, -0.25) is 28.6 Å². The second-order valence-corrected chi connectivity index (χ2v) is 11.7. The molecule has 4 amide bonds. The SMILES string of the molecule is CC(C)C[C@@H]1NC(=O)CN(CCn2c(=O)oc3ccccc32)CCNC(=O)[C@H](Cc2ccccc2)NC(=O)[C@H](C)N(C)C1=O. The van der Waals surface area contributed by atoms with Gasteiger partial charge in [0.2, 0.25) is 23.6 Å². The lowest BCUT2D eigenvalue weighted by Crippen LogP contribution is -2.56. The van der Waals surface area contributed by atoms with Crippen LogP contribution in [0.2, 0.25) is 0 Å². The van der Waals surface area contributed by atoms with Crippen molar-refractivity contribution >= 4 is 34.7 Å². The molecule has 1 aromatic heterocycles. The fourth-order valence-corrected chi connectivity index (χ4v) is 5.30. The number of para-hydroxylation sites is 2. The summed E-state index contributed by atoms with van der Waals surface area (Å²) < 4.78 is 6.86. The lowest BCUT2D eigenvalue weighted by molar-refractivity contribution is -0.142. The van der Waals surface area contributed by atoms with Crippen LogP contribution in [-0.4, -0.2) is 89.3 Å². The fourth-order valence-electron chi connectivity index (χ4n) is 5.30. The smallest absolute Gasteiger partial charge is 0.408 e. The Morgan fingerprint density at radius 1 is 0.886 bits per heavy atom. The van der Waals surface area contributed by atoms with E-state index in [-0.39, 0.29) is 50.3 Å². The molecule has 44 heavy (non-hydrogen) atoms. The lowest BCUT2D eigenvalue weighted by atomic mass is 10.0. The summed E-state index contributed by atoms with van der Waals surface area (Å²) in [4.78, 5) is 69.2. The van der Waals surface area contributed by atoms with E-state index in [1.807, 2.05) is 55.1 Å². The van der Waals surface area contributed by atoms with Crippen LogP contribution in [0, 0.1) is 5.92 Å². The number of hydrogen-bond donors (Lipinski definition) is 3. The molecule has 236 valence electrons. The first-order chi connectivity index (χ1) is 21.0. The number of carbonyl (C=O) groups excluding carboxylic acids is 4. The zero-order chi connectivity index (χ0) is 31.8. The molecule has 3 atom stereocenters. The summed E-state index contributed by atoms with van der Waals surface area (Å²) in [5, 5.41) is 8.60. The summed E-state index contributed by atoms with van der Waals surface area (Å²) in [5.41, 5.74) is 1.99. The van der Waals surface area contributed by atoms with Crippen LogP contribution in [0.15, 0.2) is 63.8 Å². The van der Waals surface area contributed by atoms with E-state index in [0.29, 0.717) is 24.1 Å². The molecule has 0 saturated carbocycles. The van der Waals surface area contributed by atoms with E-state index in [9.17, 15) is 24.0 Å². The molecule has 3 aromatic rings. The van der Waals surface area contributed by atoms with E-state index in [1.165, 1.54) is 16.5 Å². The topological polar surface area (TPSA) is 146 Å². The first kappa shape index (κ1) is 32.5. The van der Waals surface area contributed by atoms with Crippen LogP contribution in [-0.2, 0) is 32.1 Å². The second kappa shape index (κ2) is 14.8. The first-order valence-corrected chi connectivity index (χ1v) is 15.0. The van der Waals surface area contributed by atoms with Gasteiger partial charge in [0.1, 0.15) is 18.1 Å². The Hall–Kier alpha value is -4.45. The van der Waals surface area contributed by atoms with Gasteiger partial charge in [0.15, 0.2) is 5.58 Å². The van der Waals surface area contributed by atoms with Gasteiger partial charge in [-0.25, -0.2) is 4.79 Å². The van der Waals surface area contributed by atoms with Gasteiger partial charge >= 0.3 is 5.76 Å². The van der Waals surface area contributed by atoms with E-state index < -0.39 is 35.7 Å². The number of hydrogen-bond acceptors (Lipinski definition) is 7. The number of amides is 4. The Labute approximate surface area is 256 Å². The monoisotopic (exact) mass is 606 g/mol. The third-order valence-corrected chi connectivity index (χ3v) is 7.87. The molecular weight excluding hydrogens is 564 g/mol. The van der Waals surface area contributed by atoms with Crippen LogP contribution < -0.4 is 21.7 Å². The normalized spacial score (nSPS) is 21.5. The van der Waals surface area contributed by atoms with E-state index in [1.54, 1.807) is 25.1 Å². The van der Waals surface area contributed by atoms with Crippen molar-refractivity contribution < 1.29 is 23.6 Å². The number of rotatable bonds is 7. The maximum absolute atomic E-state index is 13.6. The van der Waals surface area contributed by atoms with E-state index in [4.69, 9.17) is 4.42 Å². The van der Waals surface area contributed by atoms with Crippen molar-refractivity contribution in [3.63, 3.8) is 0 Å². The van der Waals surface area contributed by atoms with Crippen LogP contribution in [0.4, 0.5) is 0 Å². The third kappa shape index (κ3) is 8.34. The van der Waals surface area contributed by atoms with E-state index >= 15 is 0 Å². The number of benzene rings is 2. The average molecular weight is 607 g/mol. The predicted octanol–water partition coefficient (Wildman–Crippen LogP) is 1.13. The standard InChI is InChI=1S/C32H42N6O6/c1-21(2)18-25-31(42)36(4)22(3)29(40)35-24(19-23-10-6-5-7-11-23)30(41)33-14-15-37(20-28(39)34-25)16-17-38-26-12-8-9-13-27(26)44-32(38)43/h5-13,21-22,24-25H,14-20H2,1-4H3,(H,33,41)(H,34,39)(H,35,40)/t22-,24-,25-/m0/s1. The largest absolute Gasteiger partial charge is 0.419 e. The molecule has 1 aliphatic rings. The van der Waals surface area contributed by atoms with Gasteiger partial charge in [-0.05, 0) is 37.0 Å². The van der Waals surface area contributed by atoms with Gasteiger partial charge in [0.05, 0.1) is 12.1 Å². The van der Waals surface area contributed by atoms with Crippen molar-refractivity contribution in [2.24, 2.45) is 5.92 Å². The summed E-state index contributed by atoms with van der Waals surface area (Å²) in [7, 11) is 1.52. The van der Waals surface area contributed by atoms with Crippen LogP contribution in [0.3, 0.4) is 0 Å². The molecule has 0 unspecified atom stereocenters. The molecule has 2 aromatic carbocycles.